The van der Waals surface area contributed by atoms with E-state index in [2.05, 4.69) is 20.3 Å². The van der Waals surface area contributed by atoms with Crippen molar-refractivity contribution in [1.29, 1.82) is 0 Å². The predicted molar refractivity (Wildman–Crippen MR) is 108 cm³/mol. The van der Waals surface area contributed by atoms with Crippen LogP contribution in [0.1, 0.15) is 5.56 Å². The van der Waals surface area contributed by atoms with E-state index in [4.69, 9.17) is 38.4 Å². The predicted octanol–water partition coefficient (Wildman–Crippen LogP) is 3.41. The molecular formula is C18H20Cl2FN5O2. The van der Waals surface area contributed by atoms with Gasteiger partial charge in [-0.2, -0.15) is 4.98 Å². The fraction of sp³-hybridized carbons (Fsp3) is 0.333. The van der Waals surface area contributed by atoms with Gasteiger partial charge in [-0.3, -0.25) is 0 Å². The van der Waals surface area contributed by atoms with Gasteiger partial charge in [-0.15, -0.1) is 0 Å². The Labute approximate surface area is 171 Å². The number of nitrogens with one attached hydrogen (secondary N) is 2. The van der Waals surface area contributed by atoms with Crippen LogP contribution in [-0.2, 0) is 11.2 Å². The van der Waals surface area contributed by atoms with E-state index in [-0.39, 0.29) is 34.7 Å². The number of hydrogen-bond acceptors (Lipinski definition) is 6. The van der Waals surface area contributed by atoms with Crippen LogP contribution in [0.25, 0.3) is 10.9 Å². The summed E-state index contributed by atoms with van der Waals surface area (Å²) >= 11 is 12.1. The summed E-state index contributed by atoms with van der Waals surface area (Å²) in [7, 11) is 1.56. The Kier molecular flexibility index (Phi) is 6.90. The SMILES string of the molecule is COCC(N)COc1c(Cl)nc(Cl)nc1NCCc1c[nH]c2cc(F)ccc12. The summed E-state index contributed by atoms with van der Waals surface area (Å²) in [4.78, 5) is 11.1. The van der Waals surface area contributed by atoms with Gasteiger partial charge in [-0.05, 0) is 41.8 Å². The molecule has 0 amide bonds. The molecule has 28 heavy (non-hydrogen) atoms. The zero-order valence-electron chi connectivity index (χ0n) is 15.1. The normalized spacial score (nSPS) is 12.3. The fourth-order valence-corrected chi connectivity index (χ4v) is 3.22. The number of rotatable bonds is 9. The first-order chi connectivity index (χ1) is 13.5. The molecule has 7 nitrogen and oxygen atoms in total. The summed E-state index contributed by atoms with van der Waals surface area (Å²) in [6.07, 6.45) is 2.51. The van der Waals surface area contributed by atoms with Crippen molar-refractivity contribution in [3.63, 3.8) is 0 Å². The standard InChI is InChI=1S/C18H20Cl2FN5O2/c1-27-8-12(22)9-28-15-16(19)25-18(20)26-17(15)23-5-4-10-7-24-14-6-11(21)2-3-13(10)14/h2-3,6-7,12,24H,4-5,8-9,22H2,1H3,(H,23,25,26). The van der Waals surface area contributed by atoms with E-state index < -0.39 is 0 Å². The van der Waals surface area contributed by atoms with Crippen LogP contribution in [0.2, 0.25) is 10.4 Å². The molecule has 0 spiro atoms. The van der Waals surface area contributed by atoms with E-state index in [1.54, 1.807) is 13.2 Å². The average molecular weight is 428 g/mol. The molecule has 0 aliphatic heterocycles. The van der Waals surface area contributed by atoms with Crippen molar-refractivity contribution in [3.8, 4) is 5.75 Å². The molecule has 0 fully saturated rings. The zero-order chi connectivity index (χ0) is 20.1. The Morgan fingerprint density at radius 2 is 2.11 bits per heavy atom. The third-order valence-corrected chi connectivity index (χ3v) is 4.46. The van der Waals surface area contributed by atoms with Crippen LogP contribution >= 0.6 is 23.2 Å². The summed E-state index contributed by atoms with van der Waals surface area (Å²) in [6.45, 7) is 1.05. The topological polar surface area (TPSA) is 98.1 Å². The van der Waals surface area contributed by atoms with Gasteiger partial charge in [0.15, 0.2) is 16.7 Å². The van der Waals surface area contributed by atoms with Crippen LogP contribution in [0.15, 0.2) is 24.4 Å². The summed E-state index contributed by atoms with van der Waals surface area (Å²) in [5.74, 6) is 0.372. The first kappa shape index (κ1) is 20.6. The van der Waals surface area contributed by atoms with Gasteiger partial charge >= 0.3 is 0 Å². The van der Waals surface area contributed by atoms with E-state index in [1.807, 2.05) is 6.20 Å². The third kappa shape index (κ3) is 5.02. The van der Waals surface area contributed by atoms with Gasteiger partial charge in [0.05, 0.1) is 12.6 Å². The van der Waals surface area contributed by atoms with Crippen molar-refractivity contribution in [3.05, 3.63) is 46.2 Å². The van der Waals surface area contributed by atoms with Gasteiger partial charge in [0.25, 0.3) is 0 Å². The number of H-pyrrole nitrogens is 1. The molecule has 2 heterocycles. The number of halogens is 3. The molecule has 3 rings (SSSR count). The smallest absolute Gasteiger partial charge is 0.226 e. The summed E-state index contributed by atoms with van der Waals surface area (Å²) in [6, 6.07) is 4.33. The Hall–Kier alpha value is -2.13. The number of aromatic amines is 1. The number of benzene rings is 1. The second-order valence-corrected chi connectivity index (χ2v) is 6.86. The van der Waals surface area contributed by atoms with Crippen molar-refractivity contribution < 1.29 is 13.9 Å². The molecule has 4 N–H and O–H groups in total. The van der Waals surface area contributed by atoms with Crippen molar-refractivity contribution in [2.45, 2.75) is 12.5 Å². The van der Waals surface area contributed by atoms with Crippen LogP contribution in [0.4, 0.5) is 10.2 Å². The Balaban J connectivity index is 1.68. The first-order valence-electron chi connectivity index (χ1n) is 8.57. The van der Waals surface area contributed by atoms with E-state index in [9.17, 15) is 4.39 Å². The minimum Gasteiger partial charge on any atom is -0.485 e. The largest absolute Gasteiger partial charge is 0.485 e. The number of aromatic nitrogens is 3. The van der Waals surface area contributed by atoms with Crippen molar-refractivity contribution in [1.82, 2.24) is 15.0 Å². The highest BCUT2D eigenvalue weighted by molar-refractivity contribution is 6.33. The molecule has 1 unspecified atom stereocenters. The minimum absolute atomic E-state index is 0.00334. The average Bonchev–Trinajstić information content (AvgIpc) is 3.03. The molecule has 0 aliphatic carbocycles. The van der Waals surface area contributed by atoms with Crippen LogP contribution in [0.5, 0.6) is 5.75 Å². The lowest BCUT2D eigenvalue weighted by molar-refractivity contribution is 0.152. The molecule has 150 valence electrons. The minimum atomic E-state index is -0.323. The molecule has 0 bridgehead atoms. The van der Waals surface area contributed by atoms with Gasteiger partial charge in [0, 0.05) is 30.8 Å². The Bertz CT molecular complexity index is 953. The van der Waals surface area contributed by atoms with Crippen molar-refractivity contribution >= 4 is 39.9 Å². The molecule has 1 atom stereocenters. The van der Waals surface area contributed by atoms with E-state index in [0.29, 0.717) is 25.4 Å². The number of hydrogen-bond donors (Lipinski definition) is 3. The van der Waals surface area contributed by atoms with Gasteiger partial charge in [0.1, 0.15) is 12.4 Å². The lowest BCUT2D eigenvalue weighted by atomic mass is 10.1. The third-order valence-electron chi connectivity index (χ3n) is 4.04. The fourth-order valence-electron chi connectivity index (χ4n) is 2.78. The van der Waals surface area contributed by atoms with Gasteiger partial charge in [0.2, 0.25) is 5.28 Å². The molecular weight excluding hydrogens is 408 g/mol. The van der Waals surface area contributed by atoms with Gasteiger partial charge in [-0.25, -0.2) is 9.37 Å². The maximum Gasteiger partial charge on any atom is 0.226 e. The Morgan fingerprint density at radius 1 is 1.29 bits per heavy atom. The number of nitrogens with zero attached hydrogens (tertiary/aromatic N) is 2. The van der Waals surface area contributed by atoms with Crippen molar-refractivity contribution in [2.75, 3.05) is 32.2 Å². The number of anilines is 1. The van der Waals surface area contributed by atoms with Gasteiger partial charge in [-0.1, -0.05) is 11.6 Å². The molecule has 10 heteroatoms. The molecule has 0 aliphatic rings. The second-order valence-electron chi connectivity index (χ2n) is 6.17. The van der Waals surface area contributed by atoms with Crippen LogP contribution < -0.4 is 15.8 Å². The quantitative estimate of drug-likeness (QED) is 0.357. The zero-order valence-corrected chi connectivity index (χ0v) is 16.6. The van der Waals surface area contributed by atoms with E-state index in [0.717, 1.165) is 16.5 Å². The van der Waals surface area contributed by atoms with E-state index in [1.165, 1.54) is 12.1 Å². The summed E-state index contributed by atoms with van der Waals surface area (Å²) in [5, 5.41) is 4.22. The number of methoxy groups -OCH3 is 1. The van der Waals surface area contributed by atoms with Gasteiger partial charge < -0.3 is 25.5 Å². The molecule has 0 saturated heterocycles. The molecule has 2 aromatic heterocycles. The highest BCUT2D eigenvalue weighted by Crippen LogP contribution is 2.31. The van der Waals surface area contributed by atoms with E-state index >= 15 is 0 Å². The lowest BCUT2D eigenvalue weighted by Crippen LogP contribution is -2.32. The first-order valence-corrected chi connectivity index (χ1v) is 9.33. The van der Waals surface area contributed by atoms with Crippen molar-refractivity contribution in [2.24, 2.45) is 5.73 Å². The maximum atomic E-state index is 13.3. The highest BCUT2D eigenvalue weighted by atomic mass is 35.5. The summed E-state index contributed by atoms with van der Waals surface area (Å²) < 4.78 is 24.0. The highest BCUT2D eigenvalue weighted by Gasteiger charge is 2.16. The summed E-state index contributed by atoms with van der Waals surface area (Å²) in [5.41, 5.74) is 7.67. The monoisotopic (exact) mass is 427 g/mol. The lowest BCUT2D eigenvalue weighted by Gasteiger charge is -2.16. The van der Waals surface area contributed by atoms with Crippen LogP contribution in [0.3, 0.4) is 0 Å². The van der Waals surface area contributed by atoms with Crippen LogP contribution in [0, 0.1) is 5.82 Å². The number of fused-ring (bicyclic) bond motifs is 1. The molecule has 0 radical (unpaired) electrons. The molecule has 1 aromatic carbocycles. The maximum absolute atomic E-state index is 13.3. The number of nitrogens with two attached hydrogens (primary N) is 1. The molecule has 3 aromatic rings. The Morgan fingerprint density at radius 3 is 2.89 bits per heavy atom. The number of ether oxygens (including phenoxy) is 2. The van der Waals surface area contributed by atoms with Crippen LogP contribution in [-0.4, -0.2) is 47.9 Å². The molecule has 0 saturated carbocycles. The second kappa shape index (κ2) is 9.38.